The highest BCUT2D eigenvalue weighted by atomic mass is 16.6. The highest BCUT2D eigenvalue weighted by Gasteiger charge is 2.43. The number of rotatable bonds is 4. The summed E-state index contributed by atoms with van der Waals surface area (Å²) in [6, 6.07) is 0. The van der Waals surface area contributed by atoms with Gasteiger partial charge in [-0.3, -0.25) is 20.2 Å². The van der Waals surface area contributed by atoms with E-state index in [1.165, 1.54) is 6.92 Å². The van der Waals surface area contributed by atoms with Gasteiger partial charge in [-0.2, -0.15) is 0 Å². The predicted molar refractivity (Wildman–Crippen MR) is 51.9 cm³/mol. The first kappa shape index (κ1) is 12.7. The maximum Gasteiger partial charge on any atom is 0.334 e. The number of nitrogens with one attached hydrogen (secondary N) is 2. The van der Waals surface area contributed by atoms with Crippen LogP contribution in [0.3, 0.4) is 0 Å². The second kappa shape index (κ2) is 5.10. The number of ether oxygens (including phenoxy) is 2. The zero-order valence-electron chi connectivity index (χ0n) is 8.84. The van der Waals surface area contributed by atoms with E-state index < -0.39 is 23.9 Å². The molecule has 0 fully saturated rings. The van der Waals surface area contributed by atoms with Crippen LogP contribution in [0.15, 0.2) is 12.2 Å². The van der Waals surface area contributed by atoms with Gasteiger partial charge in [0.15, 0.2) is 6.10 Å². The van der Waals surface area contributed by atoms with Crippen molar-refractivity contribution in [3.05, 3.63) is 12.2 Å². The van der Waals surface area contributed by atoms with Crippen LogP contribution in [0.4, 0.5) is 0 Å². The van der Waals surface area contributed by atoms with Crippen LogP contribution in [-0.2, 0) is 28.7 Å². The highest BCUT2D eigenvalue weighted by Crippen LogP contribution is 2.15. The first-order valence-electron chi connectivity index (χ1n) is 4.58. The number of esters is 2. The summed E-state index contributed by atoms with van der Waals surface area (Å²) in [6.07, 6.45) is 1.02. The van der Waals surface area contributed by atoms with Gasteiger partial charge in [0.1, 0.15) is 0 Å². The molecule has 0 aromatic heterocycles. The minimum absolute atomic E-state index is 0.208. The molecule has 1 aliphatic heterocycles. The van der Waals surface area contributed by atoms with Crippen LogP contribution in [0.5, 0.6) is 0 Å². The second-order valence-corrected chi connectivity index (χ2v) is 3.09. The van der Waals surface area contributed by atoms with E-state index in [4.69, 9.17) is 9.47 Å². The van der Waals surface area contributed by atoms with Crippen LogP contribution in [0.2, 0.25) is 0 Å². The van der Waals surface area contributed by atoms with Gasteiger partial charge in [-0.05, 0) is 6.92 Å². The summed E-state index contributed by atoms with van der Waals surface area (Å²) in [5.41, 5.74) is 0. The van der Waals surface area contributed by atoms with E-state index in [-0.39, 0.29) is 12.8 Å². The number of carbonyl (C=O) groups is 4. The van der Waals surface area contributed by atoms with Crippen molar-refractivity contribution in [2.45, 2.75) is 18.9 Å². The molecule has 0 aromatic rings. The van der Waals surface area contributed by atoms with Gasteiger partial charge in [-0.25, -0.2) is 9.59 Å². The molecule has 1 aliphatic rings. The van der Waals surface area contributed by atoms with E-state index >= 15 is 0 Å². The fourth-order valence-electron chi connectivity index (χ4n) is 1.22. The van der Waals surface area contributed by atoms with Gasteiger partial charge in [0.05, 0.1) is 0 Å². The molecule has 8 nitrogen and oxygen atoms in total. The van der Waals surface area contributed by atoms with Gasteiger partial charge >= 0.3 is 17.8 Å². The Balaban J connectivity index is 3.09. The van der Waals surface area contributed by atoms with Crippen molar-refractivity contribution >= 4 is 24.8 Å². The smallest absolute Gasteiger partial charge is 0.334 e. The van der Waals surface area contributed by atoms with E-state index in [9.17, 15) is 19.2 Å². The van der Waals surface area contributed by atoms with Crippen molar-refractivity contribution in [1.82, 2.24) is 10.6 Å². The zero-order chi connectivity index (χ0) is 12.9. The monoisotopic (exact) mass is 242 g/mol. The normalized spacial score (nSPS) is 24.4. The fourth-order valence-corrected chi connectivity index (χ4v) is 1.22. The van der Waals surface area contributed by atoms with Crippen molar-refractivity contribution in [3.63, 3.8) is 0 Å². The van der Waals surface area contributed by atoms with Crippen molar-refractivity contribution < 1.29 is 28.7 Å². The van der Waals surface area contributed by atoms with Gasteiger partial charge in [0.2, 0.25) is 12.8 Å². The zero-order valence-corrected chi connectivity index (χ0v) is 8.84. The number of carbonyl (C=O) groups excluding carboxylic acids is 4. The quantitative estimate of drug-likeness (QED) is 0.341. The molecule has 2 amide bonds. The fraction of sp³-hybridized carbons (Fsp3) is 0.333. The van der Waals surface area contributed by atoms with Gasteiger partial charge in [-0.1, -0.05) is 0 Å². The average Bonchev–Trinajstić information content (AvgIpc) is 2.25. The van der Waals surface area contributed by atoms with Crippen LogP contribution in [0.1, 0.15) is 6.92 Å². The molecule has 2 N–H and O–H groups in total. The molecule has 0 saturated carbocycles. The Labute approximate surface area is 95.9 Å². The van der Waals surface area contributed by atoms with Gasteiger partial charge in [0.25, 0.3) is 0 Å². The molecule has 0 aromatic carbocycles. The summed E-state index contributed by atoms with van der Waals surface area (Å²) in [5.74, 6) is -3.61. The lowest BCUT2D eigenvalue weighted by molar-refractivity contribution is -0.193. The average molecular weight is 242 g/mol. The SMILES string of the molecule is CC1OC(=O)/C=C/C(=O)OC1(NC=O)NC=O. The molecule has 1 unspecified atom stereocenters. The van der Waals surface area contributed by atoms with Crippen molar-refractivity contribution in [2.75, 3.05) is 0 Å². The molecular weight excluding hydrogens is 232 g/mol. The van der Waals surface area contributed by atoms with Crippen LogP contribution in [0, 0.1) is 0 Å². The molecule has 17 heavy (non-hydrogen) atoms. The summed E-state index contributed by atoms with van der Waals surface area (Å²) in [6.45, 7) is 1.34. The van der Waals surface area contributed by atoms with E-state index in [1.54, 1.807) is 0 Å². The van der Waals surface area contributed by atoms with Crippen LogP contribution in [-0.4, -0.2) is 36.7 Å². The highest BCUT2D eigenvalue weighted by molar-refractivity contribution is 5.92. The Hall–Kier alpha value is -2.38. The van der Waals surface area contributed by atoms with E-state index in [2.05, 4.69) is 10.6 Å². The van der Waals surface area contributed by atoms with Crippen LogP contribution >= 0.6 is 0 Å². The molecule has 0 saturated heterocycles. The molecule has 0 radical (unpaired) electrons. The summed E-state index contributed by atoms with van der Waals surface area (Å²) in [5, 5.41) is 4.18. The first-order valence-corrected chi connectivity index (χ1v) is 4.58. The molecule has 8 heteroatoms. The largest absolute Gasteiger partial charge is 0.451 e. The lowest BCUT2D eigenvalue weighted by atomic mass is 10.2. The molecule has 92 valence electrons. The number of hydrogen-bond donors (Lipinski definition) is 2. The molecule has 1 atom stereocenters. The topological polar surface area (TPSA) is 111 Å². The molecule has 0 aliphatic carbocycles. The standard InChI is InChI=1S/C9H10N2O6/c1-6-9(10-4-12,11-5-13)17-8(15)3-2-7(14)16-6/h2-6H,1H3,(H,10,12)(H,11,13)/b3-2+. The van der Waals surface area contributed by atoms with Crippen molar-refractivity contribution in [1.29, 1.82) is 0 Å². The third-order valence-electron chi connectivity index (χ3n) is 2.03. The number of amides is 2. The first-order chi connectivity index (χ1) is 8.04. The Bertz CT molecular complexity index is 368. The summed E-state index contributed by atoms with van der Waals surface area (Å²) < 4.78 is 9.65. The predicted octanol–water partition coefficient (Wildman–Crippen LogP) is -1.82. The van der Waals surface area contributed by atoms with Gasteiger partial charge in [-0.15, -0.1) is 0 Å². The Morgan fingerprint density at radius 1 is 1.18 bits per heavy atom. The van der Waals surface area contributed by atoms with Gasteiger partial charge in [0, 0.05) is 12.2 Å². The third-order valence-corrected chi connectivity index (χ3v) is 2.03. The van der Waals surface area contributed by atoms with Crippen molar-refractivity contribution in [2.24, 2.45) is 0 Å². The van der Waals surface area contributed by atoms with Crippen molar-refractivity contribution in [3.8, 4) is 0 Å². The third kappa shape index (κ3) is 2.80. The lowest BCUT2D eigenvalue weighted by Gasteiger charge is -2.36. The number of cyclic esters (lactones) is 2. The minimum Gasteiger partial charge on any atom is -0.451 e. The molecule has 1 rings (SSSR count). The van der Waals surface area contributed by atoms with E-state index in [0.29, 0.717) is 0 Å². The summed E-state index contributed by atoms with van der Waals surface area (Å²) in [7, 11) is 0. The molecule has 1 heterocycles. The Morgan fingerprint density at radius 3 is 2.24 bits per heavy atom. The minimum atomic E-state index is -1.92. The molecule has 0 spiro atoms. The Morgan fingerprint density at radius 2 is 1.71 bits per heavy atom. The molecular formula is C9H10N2O6. The number of hydrogen-bond acceptors (Lipinski definition) is 6. The van der Waals surface area contributed by atoms with E-state index in [1.807, 2.05) is 0 Å². The Kier molecular flexibility index (Phi) is 3.81. The summed E-state index contributed by atoms with van der Waals surface area (Å²) in [4.78, 5) is 43.3. The van der Waals surface area contributed by atoms with Crippen LogP contribution in [0.25, 0.3) is 0 Å². The second-order valence-electron chi connectivity index (χ2n) is 3.09. The van der Waals surface area contributed by atoms with E-state index in [0.717, 1.165) is 12.2 Å². The summed E-state index contributed by atoms with van der Waals surface area (Å²) >= 11 is 0. The van der Waals surface area contributed by atoms with Gasteiger partial charge < -0.3 is 9.47 Å². The maximum atomic E-state index is 11.3. The molecule has 0 bridgehead atoms. The maximum absolute atomic E-state index is 11.3. The van der Waals surface area contributed by atoms with Crippen LogP contribution < -0.4 is 10.6 Å². The lowest BCUT2D eigenvalue weighted by Crippen LogP contribution is -2.66.